The number of rotatable bonds is 3. The third-order valence-corrected chi connectivity index (χ3v) is 1.85. The maximum Gasteiger partial charge on any atom is 0.240 e. The second-order valence-electron chi connectivity index (χ2n) is 3.02. The molecule has 1 aromatic carbocycles. The van der Waals surface area contributed by atoms with Gasteiger partial charge in [-0.1, -0.05) is 0 Å². The molecule has 0 saturated carbocycles. The largest absolute Gasteiger partial charge is 0.324 e. The first kappa shape index (κ1) is 11.9. The van der Waals surface area contributed by atoms with Gasteiger partial charge in [-0.3, -0.25) is 0 Å². The van der Waals surface area contributed by atoms with Gasteiger partial charge >= 0.3 is 0 Å². The molecule has 0 aliphatic rings. The summed E-state index contributed by atoms with van der Waals surface area (Å²) in [7, 11) is 0. The highest BCUT2D eigenvalue weighted by molar-refractivity contribution is 5.24. The van der Waals surface area contributed by atoms with E-state index in [0.29, 0.717) is 12.1 Å². The van der Waals surface area contributed by atoms with Crippen molar-refractivity contribution in [2.75, 3.05) is 0 Å². The van der Waals surface area contributed by atoms with Crippen molar-refractivity contribution in [3.05, 3.63) is 35.1 Å². The molecule has 0 saturated heterocycles. The van der Waals surface area contributed by atoms with Crippen LogP contribution in [0.15, 0.2) is 12.1 Å². The van der Waals surface area contributed by atoms with E-state index in [1.54, 1.807) is 0 Å². The third kappa shape index (κ3) is 2.89. The zero-order valence-electron chi connectivity index (χ0n) is 7.48. The van der Waals surface area contributed by atoms with Crippen LogP contribution in [0, 0.1) is 17.5 Å². The Kier molecular flexibility index (Phi) is 3.62. The van der Waals surface area contributed by atoms with Crippen molar-refractivity contribution < 1.29 is 22.0 Å². The minimum absolute atomic E-state index is 0.406. The molecular formula is C9H8F5N. The SMILES string of the molecule is N[C@H](CC(F)F)c1c(F)cc(F)cc1F. The fourth-order valence-corrected chi connectivity index (χ4v) is 1.22. The van der Waals surface area contributed by atoms with Crippen LogP contribution in [-0.2, 0) is 0 Å². The van der Waals surface area contributed by atoms with Gasteiger partial charge in [0, 0.05) is 30.2 Å². The van der Waals surface area contributed by atoms with Crippen LogP contribution in [0.25, 0.3) is 0 Å². The maximum absolute atomic E-state index is 13.0. The lowest BCUT2D eigenvalue weighted by Gasteiger charge is -2.13. The topological polar surface area (TPSA) is 26.0 Å². The summed E-state index contributed by atoms with van der Waals surface area (Å²) < 4.78 is 62.3. The van der Waals surface area contributed by atoms with Gasteiger partial charge in [0.05, 0.1) is 0 Å². The van der Waals surface area contributed by atoms with E-state index in [2.05, 4.69) is 0 Å². The van der Waals surface area contributed by atoms with Crippen LogP contribution in [0.1, 0.15) is 18.0 Å². The van der Waals surface area contributed by atoms with Crippen molar-refractivity contribution in [2.45, 2.75) is 18.9 Å². The fraction of sp³-hybridized carbons (Fsp3) is 0.333. The van der Waals surface area contributed by atoms with E-state index in [4.69, 9.17) is 5.73 Å². The van der Waals surface area contributed by atoms with Crippen molar-refractivity contribution in [2.24, 2.45) is 5.73 Å². The minimum atomic E-state index is -2.77. The Morgan fingerprint density at radius 3 is 1.93 bits per heavy atom. The van der Waals surface area contributed by atoms with Crippen LogP contribution in [0.4, 0.5) is 22.0 Å². The molecule has 6 heteroatoms. The molecule has 0 heterocycles. The Hall–Kier alpha value is -1.17. The molecule has 0 unspecified atom stereocenters. The van der Waals surface area contributed by atoms with Gasteiger partial charge < -0.3 is 5.73 Å². The van der Waals surface area contributed by atoms with Crippen molar-refractivity contribution >= 4 is 0 Å². The lowest BCUT2D eigenvalue weighted by molar-refractivity contribution is 0.127. The number of benzene rings is 1. The fourth-order valence-electron chi connectivity index (χ4n) is 1.22. The molecule has 15 heavy (non-hydrogen) atoms. The van der Waals surface area contributed by atoms with E-state index in [-0.39, 0.29) is 0 Å². The van der Waals surface area contributed by atoms with Gasteiger partial charge in [0.15, 0.2) is 0 Å². The second-order valence-corrected chi connectivity index (χ2v) is 3.02. The third-order valence-electron chi connectivity index (χ3n) is 1.85. The zero-order valence-corrected chi connectivity index (χ0v) is 7.48. The molecule has 0 fully saturated rings. The average Bonchev–Trinajstić information content (AvgIpc) is 1.99. The monoisotopic (exact) mass is 225 g/mol. The molecule has 0 bridgehead atoms. The van der Waals surface area contributed by atoms with Crippen LogP contribution < -0.4 is 5.73 Å². The Labute approximate surface area is 82.7 Å². The number of hydrogen-bond donors (Lipinski definition) is 1. The van der Waals surface area contributed by atoms with Gasteiger partial charge in [-0.2, -0.15) is 0 Å². The smallest absolute Gasteiger partial charge is 0.240 e. The molecule has 84 valence electrons. The number of hydrogen-bond acceptors (Lipinski definition) is 1. The van der Waals surface area contributed by atoms with Crippen molar-refractivity contribution in [3.63, 3.8) is 0 Å². The minimum Gasteiger partial charge on any atom is -0.324 e. The summed E-state index contributed by atoms with van der Waals surface area (Å²) in [5, 5.41) is 0. The summed E-state index contributed by atoms with van der Waals surface area (Å²) >= 11 is 0. The summed E-state index contributed by atoms with van der Waals surface area (Å²) in [4.78, 5) is 0. The summed E-state index contributed by atoms with van der Waals surface area (Å²) in [6.07, 6.45) is -3.65. The quantitative estimate of drug-likeness (QED) is 0.786. The number of halogens is 5. The molecular weight excluding hydrogens is 217 g/mol. The number of nitrogens with two attached hydrogens (primary N) is 1. The van der Waals surface area contributed by atoms with Crippen LogP contribution >= 0.6 is 0 Å². The summed E-state index contributed by atoms with van der Waals surface area (Å²) in [5.74, 6) is -3.61. The molecule has 1 rings (SSSR count). The highest BCUT2D eigenvalue weighted by Crippen LogP contribution is 2.24. The van der Waals surface area contributed by atoms with Crippen LogP contribution in [0.3, 0.4) is 0 Å². The zero-order chi connectivity index (χ0) is 11.6. The summed E-state index contributed by atoms with van der Waals surface area (Å²) in [6, 6.07) is -0.668. The van der Waals surface area contributed by atoms with Gasteiger partial charge in [0.25, 0.3) is 0 Å². The predicted octanol–water partition coefficient (Wildman–Crippen LogP) is 2.76. The first-order chi connectivity index (χ1) is 6.91. The molecule has 0 amide bonds. The molecule has 2 N–H and O–H groups in total. The van der Waals surface area contributed by atoms with Crippen LogP contribution in [0.5, 0.6) is 0 Å². The molecule has 0 aromatic heterocycles. The first-order valence-corrected chi connectivity index (χ1v) is 4.10. The first-order valence-electron chi connectivity index (χ1n) is 4.10. The highest BCUT2D eigenvalue weighted by atomic mass is 19.3. The Morgan fingerprint density at radius 1 is 1.07 bits per heavy atom. The molecule has 1 nitrogen and oxygen atoms in total. The Bertz CT molecular complexity index is 329. The predicted molar refractivity (Wildman–Crippen MR) is 43.9 cm³/mol. The standard InChI is InChI=1S/C9H8F5N/c10-4-1-5(11)9(6(12)2-4)7(15)3-8(13)14/h1-2,7-8H,3,15H2/t7-/m1/s1. The van der Waals surface area contributed by atoms with E-state index in [9.17, 15) is 22.0 Å². The highest BCUT2D eigenvalue weighted by Gasteiger charge is 2.21. The van der Waals surface area contributed by atoms with Crippen LogP contribution in [-0.4, -0.2) is 6.43 Å². The maximum atomic E-state index is 13.0. The van der Waals surface area contributed by atoms with Crippen LogP contribution in [0.2, 0.25) is 0 Å². The molecule has 1 atom stereocenters. The van der Waals surface area contributed by atoms with Crippen molar-refractivity contribution in [1.29, 1.82) is 0 Å². The average molecular weight is 225 g/mol. The van der Waals surface area contributed by atoms with Gasteiger partial charge in [-0.05, 0) is 0 Å². The van der Waals surface area contributed by atoms with Gasteiger partial charge in [0.1, 0.15) is 17.5 Å². The Morgan fingerprint density at radius 2 is 1.53 bits per heavy atom. The summed E-state index contributed by atoms with van der Waals surface area (Å²) in [5.41, 5.74) is 4.45. The lowest BCUT2D eigenvalue weighted by atomic mass is 10.0. The molecule has 1 aromatic rings. The normalized spacial score (nSPS) is 13.3. The molecule has 0 spiro atoms. The molecule has 0 radical (unpaired) electrons. The summed E-state index contributed by atoms with van der Waals surface area (Å²) in [6.45, 7) is 0. The van der Waals surface area contributed by atoms with Crippen molar-refractivity contribution in [1.82, 2.24) is 0 Å². The second kappa shape index (κ2) is 4.57. The number of alkyl halides is 2. The Balaban J connectivity index is 3.03. The molecule has 0 aliphatic carbocycles. The van der Waals surface area contributed by atoms with E-state index >= 15 is 0 Å². The van der Waals surface area contributed by atoms with Gasteiger partial charge in [-0.15, -0.1) is 0 Å². The van der Waals surface area contributed by atoms with E-state index in [0.717, 1.165) is 0 Å². The van der Waals surface area contributed by atoms with E-state index in [1.165, 1.54) is 0 Å². The van der Waals surface area contributed by atoms with Crippen molar-refractivity contribution in [3.8, 4) is 0 Å². The lowest BCUT2D eigenvalue weighted by Crippen LogP contribution is -2.17. The van der Waals surface area contributed by atoms with Gasteiger partial charge in [-0.25, -0.2) is 22.0 Å². The van der Waals surface area contributed by atoms with E-state index in [1.807, 2.05) is 0 Å². The van der Waals surface area contributed by atoms with Gasteiger partial charge in [0.2, 0.25) is 6.43 Å². The van der Waals surface area contributed by atoms with E-state index < -0.39 is 41.9 Å². The molecule has 0 aliphatic heterocycles.